The summed E-state index contributed by atoms with van der Waals surface area (Å²) in [6.45, 7) is 10.7. The third kappa shape index (κ3) is 5.07. The van der Waals surface area contributed by atoms with E-state index in [4.69, 9.17) is 4.74 Å². The van der Waals surface area contributed by atoms with Gasteiger partial charge in [-0.05, 0) is 26.3 Å². The van der Waals surface area contributed by atoms with Crippen LogP contribution < -0.4 is 5.32 Å². The summed E-state index contributed by atoms with van der Waals surface area (Å²) in [4.78, 5) is 39.9. The first-order chi connectivity index (χ1) is 15.0. The van der Waals surface area contributed by atoms with Gasteiger partial charge in [0.1, 0.15) is 22.7 Å². The van der Waals surface area contributed by atoms with E-state index in [0.717, 1.165) is 5.56 Å². The van der Waals surface area contributed by atoms with Crippen molar-refractivity contribution >= 4 is 29.5 Å². The van der Waals surface area contributed by atoms with Gasteiger partial charge in [-0.2, -0.15) is 0 Å². The molecule has 2 amide bonds. The van der Waals surface area contributed by atoms with Crippen molar-refractivity contribution in [3.05, 3.63) is 59.8 Å². The number of β-lactam (4-membered cyclic amide) rings is 1. The smallest absolute Gasteiger partial charge is 0.355 e. The quantitative estimate of drug-likeness (QED) is 0.370. The molecule has 1 aromatic carbocycles. The zero-order valence-corrected chi connectivity index (χ0v) is 19.6. The molecule has 32 heavy (non-hydrogen) atoms. The van der Waals surface area contributed by atoms with E-state index in [1.54, 1.807) is 33.8 Å². The van der Waals surface area contributed by atoms with Gasteiger partial charge < -0.3 is 15.2 Å². The number of carbonyl (C=O) groups excluding carboxylic acids is 3. The van der Waals surface area contributed by atoms with Crippen LogP contribution in [0.1, 0.15) is 33.3 Å². The normalized spacial score (nSPS) is 22.4. The lowest BCUT2D eigenvalue weighted by atomic mass is 9.94. The molecule has 0 aromatic heterocycles. The van der Waals surface area contributed by atoms with Gasteiger partial charge in [-0.1, -0.05) is 43.3 Å². The highest BCUT2D eigenvalue weighted by atomic mass is 32.2. The number of fused-ring (bicyclic) bond motifs is 1. The summed E-state index contributed by atoms with van der Waals surface area (Å²) in [7, 11) is 0. The molecule has 2 heterocycles. The van der Waals surface area contributed by atoms with E-state index < -0.39 is 29.1 Å². The molecule has 0 aliphatic carbocycles. The molecule has 0 saturated carbocycles. The summed E-state index contributed by atoms with van der Waals surface area (Å²) in [6.07, 6.45) is 0.798. The molecule has 172 valence electrons. The Kier molecular flexibility index (Phi) is 7.15. The molecule has 0 radical (unpaired) electrons. The maximum atomic E-state index is 13.0. The second-order valence-electron chi connectivity index (χ2n) is 9.03. The molecule has 1 aromatic rings. The number of esters is 1. The Morgan fingerprint density at radius 3 is 2.59 bits per heavy atom. The van der Waals surface area contributed by atoms with Crippen LogP contribution in [0, 0.1) is 5.92 Å². The fourth-order valence-electron chi connectivity index (χ4n) is 3.64. The number of hydrogen-bond donors (Lipinski definition) is 2. The molecule has 2 unspecified atom stereocenters. The summed E-state index contributed by atoms with van der Waals surface area (Å²) in [5, 5.41) is 13.2. The molecular formula is C24H30N2O5S. The van der Waals surface area contributed by atoms with E-state index in [1.165, 1.54) is 16.7 Å². The van der Waals surface area contributed by atoms with Crippen molar-refractivity contribution in [3.8, 4) is 0 Å². The van der Waals surface area contributed by atoms with Gasteiger partial charge in [0, 0.05) is 17.2 Å². The van der Waals surface area contributed by atoms with Gasteiger partial charge in [0.05, 0.1) is 12.5 Å². The first-order valence-corrected chi connectivity index (χ1v) is 11.6. The summed E-state index contributed by atoms with van der Waals surface area (Å²) in [5.74, 6) is -1.27. The van der Waals surface area contributed by atoms with Crippen molar-refractivity contribution in [2.45, 2.75) is 57.2 Å². The third-order valence-electron chi connectivity index (χ3n) is 5.34. The topological polar surface area (TPSA) is 95.9 Å². The predicted octanol–water partition coefficient (Wildman–Crippen LogP) is 2.41. The summed E-state index contributed by atoms with van der Waals surface area (Å²) >= 11 is 1.41. The molecule has 2 aliphatic rings. The second kappa shape index (κ2) is 9.50. The maximum absolute atomic E-state index is 13.0. The van der Waals surface area contributed by atoms with Crippen LogP contribution >= 0.6 is 11.8 Å². The van der Waals surface area contributed by atoms with Crippen LogP contribution in [-0.2, 0) is 25.5 Å². The second-order valence-corrected chi connectivity index (χ2v) is 10.1. The van der Waals surface area contributed by atoms with Crippen molar-refractivity contribution in [2.24, 2.45) is 5.92 Å². The Morgan fingerprint density at radius 2 is 2.00 bits per heavy atom. The van der Waals surface area contributed by atoms with Crippen LogP contribution in [0.5, 0.6) is 0 Å². The summed E-state index contributed by atoms with van der Waals surface area (Å²) in [5.41, 5.74) is 0.600. The lowest BCUT2D eigenvalue weighted by Gasteiger charge is -2.50. The number of nitrogens with one attached hydrogen (secondary N) is 1. The summed E-state index contributed by atoms with van der Waals surface area (Å²) < 4.78 is 5.54. The number of amides is 2. The molecule has 4 atom stereocenters. The molecule has 7 nitrogen and oxygen atoms in total. The fraction of sp³-hybridized carbons (Fsp3) is 0.458. The lowest BCUT2D eigenvalue weighted by molar-refractivity contribution is -0.159. The average Bonchev–Trinajstić information content (AvgIpc) is 2.74. The zero-order valence-electron chi connectivity index (χ0n) is 18.8. The standard InChI is InChI=1S/C24H30N2O5S/c1-6-14(2)20(28)16-13-32-22-18(25-17(27)12-15-10-8-7-9-11-15)21(29)26(22)19(16)23(30)31-24(3,4)5/h6-11,14,18,20,22,28H,1,12-13H2,2-5H3,(H,25,27)/t14?,18-,20?,22-/m1/s1. The SMILES string of the molecule is C=CC(C)C(O)C1=C(C(=O)OC(C)(C)C)N2C(=O)[C@@H](NC(=O)Cc3ccccc3)[C@H]2SC1. The first-order valence-electron chi connectivity index (χ1n) is 10.6. The monoisotopic (exact) mass is 458 g/mol. The Balaban J connectivity index is 1.82. The number of hydrogen-bond acceptors (Lipinski definition) is 6. The maximum Gasteiger partial charge on any atom is 0.355 e. The fourth-order valence-corrected chi connectivity index (χ4v) is 5.03. The molecule has 3 rings (SSSR count). The van der Waals surface area contributed by atoms with Crippen molar-refractivity contribution in [3.63, 3.8) is 0 Å². The van der Waals surface area contributed by atoms with Crippen LogP contribution in [-0.4, -0.2) is 56.7 Å². The highest BCUT2D eigenvalue weighted by molar-refractivity contribution is 8.00. The van der Waals surface area contributed by atoms with Gasteiger partial charge in [-0.15, -0.1) is 18.3 Å². The lowest BCUT2D eigenvalue weighted by Crippen LogP contribution is -2.71. The van der Waals surface area contributed by atoms with Crippen LogP contribution in [0.25, 0.3) is 0 Å². The van der Waals surface area contributed by atoms with E-state index in [0.29, 0.717) is 11.3 Å². The Bertz CT molecular complexity index is 937. The highest BCUT2D eigenvalue weighted by Crippen LogP contribution is 2.42. The van der Waals surface area contributed by atoms with Crippen molar-refractivity contribution in [1.29, 1.82) is 0 Å². The van der Waals surface area contributed by atoms with Gasteiger partial charge in [0.15, 0.2) is 0 Å². The molecule has 0 bridgehead atoms. The number of aliphatic hydroxyl groups excluding tert-OH is 1. The van der Waals surface area contributed by atoms with Gasteiger partial charge >= 0.3 is 5.97 Å². The van der Waals surface area contributed by atoms with Gasteiger partial charge in [0.2, 0.25) is 5.91 Å². The van der Waals surface area contributed by atoms with Gasteiger partial charge in [0.25, 0.3) is 5.91 Å². The largest absolute Gasteiger partial charge is 0.455 e. The zero-order chi connectivity index (χ0) is 23.6. The van der Waals surface area contributed by atoms with Crippen LogP contribution in [0.4, 0.5) is 0 Å². The average molecular weight is 459 g/mol. The molecule has 2 N–H and O–H groups in total. The number of rotatable bonds is 7. The van der Waals surface area contributed by atoms with E-state index in [9.17, 15) is 19.5 Å². The van der Waals surface area contributed by atoms with E-state index in [1.807, 2.05) is 30.3 Å². The molecule has 1 fully saturated rings. The third-order valence-corrected chi connectivity index (χ3v) is 6.64. The van der Waals surface area contributed by atoms with E-state index in [-0.39, 0.29) is 29.9 Å². The highest BCUT2D eigenvalue weighted by Gasteiger charge is 2.55. The predicted molar refractivity (Wildman–Crippen MR) is 123 cm³/mol. The Morgan fingerprint density at radius 1 is 1.34 bits per heavy atom. The molecule has 2 aliphatic heterocycles. The first kappa shape index (κ1) is 24.1. The molecule has 8 heteroatoms. The molecular weight excluding hydrogens is 428 g/mol. The van der Waals surface area contributed by atoms with Crippen molar-refractivity contribution in [1.82, 2.24) is 10.2 Å². The minimum Gasteiger partial charge on any atom is -0.455 e. The van der Waals surface area contributed by atoms with Crippen molar-refractivity contribution in [2.75, 3.05) is 5.75 Å². The van der Waals surface area contributed by atoms with Crippen LogP contribution in [0.3, 0.4) is 0 Å². The number of thioether (sulfide) groups is 1. The number of aliphatic hydroxyl groups is 1. The van der Waals surface area contributed by atoms with E-state index >= 15 is 0 Å². The Hall–Kier alpha value is -2.58. The van der Waals surface area contributed by atoms with Crippen molar-refractivity contribution < 1.29 is 24.2 Å². The number of ether oxygens (including phenoxy) is 1. The molecule has 0 spiro atoms. The minimum absolute atomic E-state index is 0.0726. The van der Waals surface area contributed by atoms with Gasteiger partial charge in [-0.3, -0.25) is 14.5 Å². The minimum atomic E-state index is -0.969. The number of nitrogens with zero attached hydrogens (tertiary/aromatic N) is 1. The molecule has 1 saturated heterocycles. The Labute approximate surface area is 192 Å². The van der Waals surface area contributed by atoms with E-state index in [2.05, 4.69) is 11.9 Å². The number of benzene rings is 1. The van der Waals surface area contributed by atoms with Crippen LogP contribution in [0.2, 0.25) is 0 Å². The van der Waals surface area contributed by atoms with Gasteiger partial charge in [-0.25, -0.2) is 4.79 Å². The summed E-state index contributed by atoms with van der Waals surface area (Å²) in [6, 6.07) is 8.54. The van der Waals surface area contributed by atoms with Crippen LogP contribution in [0.15, 0.2) is 54.3 Å². The number of carbonyl (C=O) groups is 3.